The van der Waals surface area contributed by atoms with Crippen LogP contribution in [0.3, 0.4) is 0 Å². The van der Waals surface area contributed by atoms with Gasteiger partial charge in [-0.05, 0) is 37.5 Å². The molecule has 2 rings (SSSR count). The molecule has 6 heteroatoms. The van der Waals surface area contributed by atoms with Gasteiger partial charge in [0.05, 0.1) is 11.8 Å². The monoisotopic (exact) mass is 317 g/mol. The van der Waals surface area contributed by atoms with Crippen molar-refractivity contribution < 1.29 is 14.3 Å². The second kappa shape index (κ2) is 7.78. The van der Waals surface area contributed by atoms with E-state index in [4.69, 9.17) is 4.42 Å². The summed E-state index contributed by atoms with van der Waals surface area (Å²) in [5, 5.41) is 15.2. The maximum atomic E-state index is 11.9. The fraction of sp³-hybridized carbons (Fsp3) is 0.412. The molecule has 0 saturated heterocycles. The average molecular weight is 317 g/mol. The summed E-state index contributed by atoms with van der Waals surface area (Å²) in [6.07, 6.45) is 1.70. The number of carbonyl (C=O) groups is 1. The summed E-state index contributed by atoms with van der Waals surface area (Å²) in [6.45, 7) is 6.17. The molecule has 0 aliphatic rings. The molecular formula is C17H23N3O3. The van der Waals surface area contributed by atoms with Crippen LogP contribution in [0.1, 0.15) is 26.0 Å². The Hall–Kier alpha value is -2.34. The molecule has 0 fully saturated rings. The summed E-state index contributed by atoms with van der Waals surface area (Å²) in [7, 11) is 0. The summed E-state index contributed by atoms with van der Waals surface area (Å²) in [5.41, 5.74) is 2.26. The predicted molar refractivity (Wildman–Crippen MR) is 89.2 cm³/mol. The number of aromatic nitrogens is 1. The molecule has 23 heavy (non-hydrogen) atoms. The Labute approximate surface area is 135 Å². The zero-order valence-corrected chi connectivity index (χ0v) is 13.7. The first-order valence-corrected chi connectivity index (χ1v) is 7.71. The Bertz CT molecular complexity index is 652. The maximum Gasteiger partial charge on any atom is 0.319 e. The van der Waals surface area contributed by atoms with Crippen LogP contribution in [-0.2, 0) is 0 Å². The molecule has 1 atom stereocenters. The van der Waals surface area contributed by atoms with E-state index in [1.807, 2.05) is 32.9 Å². The van der Waals surface area contributed by atoms with Crippen LogP contribution in [0.15, 0.2) is 34.9 Å². The highest BCUT2D eigenvalue weighted by Gasteiger charge is 2.10. The average Bonchev–Trinajstić information content (AvgIpc) is 2.94. The van der Waals surface area contributed by atoms with E-state index in [0.29, 0.717) is 24.5 Å². The van der Waals surface area contributed by atoms with Crippen molar-refractivity contribution in [2.24, 2.45) is 5.92 Å². The number of rotatable bonds is 6. The summed E-state index contributed by atoms with van der Waals surface area (Å²) >= 11 is 0. The molecule has 1 unspecified atom stereocenters. The maximum absolute atomic E-state index is 11.9. The van der Waals surface area contributed by atoms with Gasteiger partial charge < -0.3 is 20.2 Å². The molecule has 1 heterocycles. The van der Waals surface area contributed by atoms with Crippen LogP contribution in [0.5, 0.6) is 0 Å². The van der Waals surface area contributed by atoms with Crippen molar-refractivity contribution in [2.45, 2.75) is 33.3 Å². The van der Waals surface area contributed by atoms with Gasteiger partial charge in [-0.2, -0.15) is 0 Å². The number of aliphatic hydroxyl groups excluding tert-OH is 1. The van der Waals surface area contributed by atoms with Gasteiger partial charge in [0.1, 0.15) is 6.26 Å². The fourth-order valence-electron chi connectivity index (χ4n) is 2.06. The van der Waals surface area contributed by atoms with Crippen LogP contribution < -0.4 is 10.6 Å². The van der Waals surface area contributed by atoms with Gasteiger partial charge in [0.2, 0.25) is 5.89 Å². The number of nitrogens with zero attached hydrogens (tertiary/aromatic N) is 1. The number of aliphatic hydroxyl groups is 1. The summed E-state index contributed by atoms with van der Waals surface area (Å²) < 4.78 is 5.36. The molecule has 0 spiro atoms. The van der Waals surface area contributed by atoms with Gasteiger partial charge in [-0.15, -0.1) is 0 Å². The molecular weight excluding hydrogens is 294 g/mol. The van der Waals surface area contributed by atoms with E-state index in [2.05, 4.69) is 15.6 Å². The number of nitrogens with one attached hydrogen (secondary N) is 2. The molecule has 2 amide bonds. The van der Waals surface area contributed by atoms with Crippen LogP contribution >= 0.6 is 0 Å². The topological polar surface area (TPSA) is 87.4 Å². The molecule has 0 aliphatic carbocycles. The largest absolute Gasteiger partial charge is 0.444 e. The lowest BCUT2D eigenvalue weighted by molar-refractivity contribution is 0.117. The zero-order valence-electron chi connectivity index (χ0n) is 13.7. The van der Waals surface area contributed by atoms with Crippen molar-refractivity contribution in [1.29, 1.82) is 0 Å². The minimum absolute atomic E-state index is 0.181. The van der Waals surface area contributed by atoms with Crippen molar-refractivity contribution >= 4 is 11.7 Å². The molecule has 3 N–H and O–H groups in total. The Morgan fingerprint density at radius 1 is 1.39 bits per heavy atom. The third kappa shape index (κ3) is 5.10. The van der Waals surface area contributed by atoms with Crippen LogP contribution in [0.4, 0.5) is 10.5 Å². The van der Waals surface area contributed by atoms with Gasteiger partial charge in [-0.1, -0.05) is 19.9 Å². The highest BCUT2D eigenvalue weighted by Crippen LogP contribution is 2.21. The van der Waals surface area contributed by atoms with Gasteiger partial charge in [0.25, 0.3) is 0 Å². The Morgan fingerprint density at radius 2 is 2.17 bits per heavy atom. The van der Waals surface area contributed by atoms with E-state index in [1.165, 1.54) is 0 Å². The molecule has 1 aromatic carbocycles. The first kappa shape index (κ1) is 17.0. The van der Waals surface area contributed by atoms with E-state index in [1.54, 1.807) is 18.4 Å². The first-order valence-electron chi connectivity index (χ1n) is 7.71. The number of amides is 2. The van der Waals surface area contributed by atoms with Crippen LogP contribution in [0.2, 0.25) is 0 Å². The number of carbonyl (C=O) groups excluding carboxylic acids is 1. The van der Waals surface area contributed by atoms with Gasteiger partial charge in [0, 0.05) is 17.8 Å². The van der Waals surface area contributed by atoms with Crippen LogP contribution in [-0.4, -0.2) is 28.8 Å². The van der Waals surface area contributed by atoms with Crippen molar-refractivity contribution in [3.05, 3.63) is 36.2 Å². The standard InChI is InChI=1S/C17H23N3O3/c1-11(2)15(21)7-8-18-17(22)20-14-6-4-5-13(9-14)16-19-12(3)10-23-16/h4-6,9-11,15,21H,7-8H2,1-3H3,(H2,18,20,22). The first-order chi connectivity index (χ1) is 11.0. The smallest absolute Gasteiger partial charge is 0.319 e. The number of hydrogen-bond acceptors (Lipinski definition) is 4. The molecule has 0 aliphatic heterocycles. The van der Waals surface area contributed by atoms with Gasteiger partial charge >= 0.3 is 6.03 Å². The number of urea groups is 1. The zero-order chi connectivity index (χ0) is 16.8. The van der Waals surface area contributed by atoms with Crippen LogP contribution in [0.25, 0.3) is 11.5 Å². The highest BCUT2D eigenvalue weighted by molar-refractivity contribution is 5.89. The number of anilines is 1. The molecule has 124 valence electrons. The van der Waals surface area contributed by atoms with E-state index in [0.717, 1.165) is 11.3 Å². The molecule has 0 radical (unpaired) electrons. The Morgan fingerprint density at radius 3 is 2.83 bits per heavy atom. The van der Waals surface area contributed by atoms with Crippen molar-refractivity contribution in [1.82, 2.24) is 10.3 Å². The molecule has 0 saturated carbocycles. The van der Waals surface area contributed by atoms with Gasteiger partial charge in [-0.25, -0.2) is 9.78 Å². The Balaban J connectivity index is 1.89. The number of hydrogen-bond donors (Lipinski definition) is 3. The minimum Gasteiger partial charge on any atom is -0.444 e. The van der Waals surface area contributed by atoms with E-state index >= 15 is 0 Å². The van der Waals surface area contributed by atoms with Crippen molar-refractivity contribution in [2.75, 3.05) is 11.9 Å². The Kier molecular flexibility index (Phi) is 5.76. The molecule has 1 aromatic heterocycles. The molecule has 6 nitrogen and oxygen atoms in total. The second-order valence-corrected chi connectivity index (χ2v) is 5.86. The quantitative estimate of drug-likeness (QED) is 0.763. The number of aryl methyl sites for hydroxylation is 1. The lowest BCUT2D eigenvalue weighted by Crippen LogP contribution is -2.32. The third-order valence-corrected chi connectivity index (χ3v) is 3.48. The third-order valence-electron chi connectivity index (χ3n) is 3.48. The molecule has 0 bridgehead atoms. The van der Waals surface area contributed by atoms with Gasteiger partial charge in [0.15, 0.2) is 0 Å². The minimum atomic E-state index is -0.410. The van der Waals surface area contributed by atoms with Crippen molar-refractivity contribution in [3.63, 3.8) is 0 Å². The second-order valence-electron chi connectivity index (χ2n) is 5.86. The normalized spacial score (nSPS) is 12.2. The number of oxazole rings is 1. The van der Waals surface area contributed by atoms with Gasteiger partial charge in [-0.3, -0.25) is 0 Å². The predicted octanol–water partition coefficient (Wildman–Crippen LogP) is 3.18. The summed E-state index contributed by atoms with van der Waals surface area (Å²) in [5.74, 6) is 0.701. The summed E-state index contributed by atoms with van der Waals surface area (Å²) in [4.78, 5) is 16.1. The highest BCUT2D eigenvalue weighted by atomic mass is 16.3. The van der Waals surface area contributed by atoms with Crippen molar-refractivity contribution in [3.8, 4) is 11.5 Å². The van der Waals surface area contributed by atoms with E-state index in [9.17, 15) is 9.90 Å². The lowest BCUT2D eigenvalue weighted by Gasteiger charge is -2.14. The number of benzene rings is 1. The molecule has 2 aromatic rings. The summed E-state index contributed by atoms with van der Waals surface area (Å²) in [6, 6.07) is 6.98. The van der Waals surface area contributed by atoms with E-state index in [-0.39, 0.29) is 11.9 Å². The lowest BCUT2D eigenvalue weighted by atomic mass is 10.0. The van der Waals surface area contributed by atoms with E-state index < -0.39 is 6.10 Å². The van der Waals surface area contributed by atoms with Crippen LogP contribution in [0, 0.1) is 12.8 Å². The SMILES string of the molecule is Cc1coc(-c2cccc(NC(=O)NCCC(O)C(C)C)c2)n1. The fourth-order valence-corrected chi connectivity index (χ4v) is 2.06.